The number of hydrogen-bond acceptors (Lipinski definition) is 3. The second-order valence-corrected chi connectivity index (χ2v) is 6.25. The van der Waals surface area contributed by atoms with Crippen molar-refractivity contribution in [3.05, 3.63) is 65.5 Å². The average Bonchev–Trinajstić information content (AvgIpc) is 2.62. The number of anilines is 1. The van der Waals surface area contributed by atoms with E-state index in [0.717, 1.165) is 18.4 Å². The first-order valence-electron chi connectivity index (χ1n) is 8.13. The highest BCUT2D eigenvalue weighted by molar-refractivity contribution is 5.94. The zero-order valence-corrected chi connectivity index (χ0v) is 13.4. The molecule has 5 heteroatoms. The lowest BCUT2D eigenvalue weighted by molar-refractivity contribution is 0.0462. The fourth-order valence-corrected chi connectivity index (χ4v) is 3.16. The number of nitrogens with two attached hydrogens (primary N) is 1. The number of rotatable bonds is 3. The number of carbonyl (C=O) groups excluding carboxylic acids is 1. The quantitative estimate of drug-likeness (QED) is 0.851. The molecule has 4 nitrogen and oxygen atoms in total. The van der Waals surface area contributed by atoms with Gasteiger partial charge in [0.1, 0.15) is 5.82 Å². The van der Waals surface area contributed by atoms with Gasteiger partial charge in [-0.15, -0.1) is 0 Å². The van der Waals surface area contributed by atoms with Gasteiger partial charge in [-0.1, -0.05) is 12.1 Å². The number of nitrogen functional groups attached to an aromatic ring is 1. The van der Waals surface area contributed by atoms with Crippen LogP contribution in [0.15, 0.2) is 48.5 Å². The van der Waals surface area contributed by atoms with Gasteiger partial charge in [-0.2, -0.15) is 0 Å². The molecule has 1 heterocycles. The second-order valence-electron chi connectivity index (χ2n) is 6.25. The summed E-state index contributed by atoms with van der Waals surface area (Å²) in [6.07, 6.45) is 0.817. The third-order valence-corrected chi connectivity index (χ3v) is 4.64. The molecule has 1 aliphatic rings. The van der Waals surface area contributed by atoms with Crippen LogP contribution < -0.4 is 5.73 Å². The number of benzene rings is 2. The van der Waals surface area contributed by atoms with Crippen molar-refractivity contribution in [2.45, 2.75) is 18.9 Å². The largest absolute Gasteiger partial charge is 0.399 e. The molecule has 3 N–H and O–H groups in total. The molecule has 1 fully saturated rings. The second kappa shape index (κ2) is 7.01. The van der Waals surface area contributed by atoms with Gasteiger partial charge in [0.25, 0.3) is 5.91 Å². The number of carbonyl (C=O) groups is 1. The molecule has 1 unspecified atom stereocenters. The zero-order valence-electron chi connectivity index (χ0n) is 13.4. The molecule has 1 aliphatic heterocycles. The van der Waals surface area contributed by atoms with E-state index >= 15 is 0 Å². The third kappa shape index (κ3) is 3.57. The Hall–Kier alpha value is -2.40. The fourth-order valence-electron chi connectivity index (χ4n) is 3.16. The van der Waals surface area contributed by atoms with Gasteiger partial charge in [-0.05, 0) is 60.7 Å². The predicted molar refractivity (Wildman–Crippen MR) is 90.8 cm³/mol. The number of amides is 1. The van der Waals surface area contributed by atoms with Crippen LogP contribution in [-0.2, 0) is 0 Å². The van der Waals surface area contributed by atoms with E-state index in [2.05, 4.69) is 0 Å². The van der Waals surface area contributed by atoms with Gasteiger partial charge in [0.15, 0.2) is 0 Å². The molecule has 0 aliphatic carbocycles. The minimum Gasteiger partial charge on any atom is -0.399 e. The lowest BCUT2D eigenvalue weighted by Gasteiger charge is -2.34. The molecule has 1 atom stereocenters. The highest BCUT2D eigenvalue weighted by Crippen LogP contribution is 2.31. The number of aliphatic hydroxyl groups excluding tert-OH is 1. The number of piperidine rings is 1. The maximum absolute atomic E-state index is 13.0. The Balaban J connectivity index is 1.60. The van der Waals surface area contributed by atoms with Crippen LogP contribution in [0, 0.1) is 11.7 Å². The minimum atomic E-state index is -0.626. The average molecular weight is 328 g/mol. The van der Waals surface area contributed by atoms with E-state index in [1.165, 1.54) is 12.1 Å². The number of hydrogen-bond donors (Lipinski definition) is 2. The standard InChI is InChI=1S/C19H21FN2O2/c20-16-5-1-13(2-6-16)18(23)14-9-11-22(12-10-14)19(24)15-3-7-17(21)8-4-15/h1-8,14,18,23H,9-12,21H2. The molecule has 0 saturated carbocycles. The molecule has 2 aromatic carbocycles. The number of nitrogens with zero attached hydrogens (tertiary/aromatic N) is 1. The van der Waals surface area contributed by atoms with E-state index in [4.69, 9.17) is 5.73 Å². The molecule has 0 spiro atoms. The van der Waals surface area contributed by atoms with Crippen molar-refractivity contribution in [2.24, 2.45) is 5.92 Å². The van der Waals surface area contributed by atoms with Gasteiger partial charge in [0.2, 0.25) is 0 Å². The summed E-state index contributed by atoms with van der Waals surface area (Å²) in [6.45, 7) is 1.21. The number of likely N-dealkylation sites (tertiary alicyclic amines) is 1. The Morgan fingerprint density at radius 3 is 2.25 bits per heavy atom. The summed E-state index contributed by atoms with van der Waals surface area (Å²) in [5.74, 6) is -0.245. The fraction of sp³-hybridized carbons (Fsp3) is 0.316. The van der Waals surface area contributed by atoms with Crippen LogP contribution in [0.1, 0.15) is 34.9 Å². The predicted octanol–water partition coefficient (Wildman–Crippen LogP) is 2.99. The maximum atomic E-state index is 13.0. The van der Waals surface area contributed by atoms with Gasteiger partial charge >= 0.3 is 0 Å². The zero-order chi connectivity index (χ0) is 17.1. The maximum Gasteiger partial charge on any atom is 0.253 e. The first kappa shape index (κ1) is 16.5. The third-order valence-electron chi connectivity index (χ3n) is 4.64. The smallest absolute Gasteiger partial charge is 0.253 e. The van der Waals surface area contributed by atoms with Crippen molar-refractivity contribution < 1.29 is 14.3 Å². The van der Waals surface area contributed by atoms with E-state index < -0.39 is 6.10 Å². The van der Waals surface area contributed by atoms with Gasteiger partial charge in [-0.25, -0.2) is 4.39 Å². The first-order chi connectivity index (χ1) is 11.5. The molecule has 0 bridgehead atoms. The Labute approximate surface area is 140 Å². The van der Waals surface area contributed by atoms with Gasteiger partial charge < -0.3 is 15.7 Å². The molecule has 2 aromatic rings. The molecule has 1 saturated heterocycles. The van der Waals surface area contributed by atoms with Crippen molar-refractivity contribution >= 4 is 11.6 Å². The van der Waals surface area contributed by atoms with Crippen molar-refractivity contribution in [1.82, 2.24) is 4.90 Å². The van der Waals surface area contributed by atoms with Crippen molar-refractivity contribution in [3.63, 3.8) is 0 Å². The van der Waals surface area contributed by atoms with Crippen molar-refractivity contribution in [1.29, 1.82) is 0 Å². The van der Waals surface area contributed by atoms with Crippen LogP contribution in [0.4, 0.5) is 10.1 Å². The highest BCUT2D eigenvalue weighted by atomic mass is 19.1. The minimum absolute atomic E-state index is 0.00952. The number of halogens is 1. The molecular weight excluding hydrogens is 307 g/mol. The Bertz CT molecular complexity index is 692. The van der Waals surface area contributed by atoms with Crippen LogP contribution in [0.5, 0.6) is 0 Å². The summed E-state index contributed by atoms with van der Waals surface area (Å²) >= 11 is 0. The van der Waals surface area contributed by atoms with Gasteiger partial charge in [0, 0.05) is 24.3 Å². The Kier molecular flexibility index (Phi) is 4.81. The van der Waals surface area contributed by atoms with Crippen molar-refractivity contribution in [2.75, 3.05) is 18.8 Å². The van der Waals surface area contributed by atoms with Crippen LogP contribution in [0.25, 0.3) is 0 Å². The van der Waals surface area contributed by atoms with Gasteiger partial charge in [0.05, 0.1) is 6.10 Å². The lowest BCUT2D eigenvalue weighted by atomic mass is 9.87. The topological polar surface area (TPSA) is 66.6 Å². The van der Waals surface area contributed by atoms with Crippen molar-refractivity contribution in [3.8, 4) is 0 Å². The van der Waals surface area contributed by atoms with Gasteiger partial charge in [-0.3, -0.25) is 4.79 Å². The molecular formula is C19H21FN2O2. The van der Waals surface area contributed by atoms with Crippen LogP contribution >= 0.6 is 0 Å². The Morgan fingerprint density at radius 1 is 1.08 bits per heavy atom. The van der Waals surface area contributed by atoms with E-state index in [1.54, 1.807) is 41.3 Å². The molecule has 1 amide bonds. The molecule has 24 heavy (non-hydrogen) atoms. The Morgan fingerprint density at radius 2 is 1.67 bits per heavy atom. The summed E-state index contributed by atoms with van der Waals surface area (Å²) in [6, 6.07) is 12.9. The normalized spacial score (nSPS) is 16.8. The molecule has 0 radical (unpaired) electrons. The highest BCUT2D eigenvalue weighted by Gasteiger charge is 2.28. The van der Waals surface area contributed by atoms with E-state index in [9.17, 15) is 14.3 Å². The summed E-state index contributed by atoms with van der Waals surface area (Å²) in [5.41, 5.74) is 7.63. The van der Waals surface area contributed by atoms with E-state index in [1.807, 2.05) is 0 Å². The van der Waals surface area contributed by atoms with E-state index in [0.29, 0.717) is 24.3 Å². The molecule has 3 rings (SSSR count). The van der Waals surface area contributed by atoms with E-state index in [-0.39, 0.29) is 17.6 Å². The van der Waals surface area contributed by atoms with Crippen LogP contribution in [0.3, 0.4) is 0 Å². The monoisotopic (exact) mass is 328 g/mol. The SMILES string of the molecule is Nc1ccc(C(=O)N2CCC(C(O)c3ccc(F)cc3)CC2)cc1. The number of aliphatic hydroxyl groups is 1. The summed E-state index contributed by atoms with van der Waals surface area (Å²) in [7, 11) is 0. The summed E-state index contributed by atoms with van der Waals surface area (Å²) < 4.78 is 13.0. The first-order valence-corrected chi connectivity index (χ1v) is 8.13. The summed E-state index contributed by atoms with van der Waals surface area (Å²) in [4.78, 5) is 14.3. The summed E-state index contributed by atoms with van der Waals surface area (Å²) in [5, 5.41) is 10.5. The molecule has 126 valence electrons. The lowest BCUT2D eigenvalue weighted by Crippen LogP contribution is -2.39. The van der Waals surface area contributed by atoms with Crippen LogP contribution in [-0.4, -0.2) is 29.0 Å². The molecule has 0 aromatic heterocycles. The van der Waals surface area contributed by atoms with Crippen LogP contribution in [0.2, 0.25) is 0 Å².